The Kier molecular flexibility index (Phi) is 4.49. The van der Waals surface area contributed by atoms with E-state index >= 15 is 0 Å². The molecule has 0 saturated heterocycles. The van der Waals surface area contributed by atoms with Gasteiger partial charge in [-0.3, -0.25) is 19.6 Å². The van der Waals surface area contributed by atoms with Gasteiger partial charge in [-0.05, 0) is 35.2 Å². The molecule has 1 aliphatic rings. The number of fused-ring (bicyclic) bond motifs is 3. The normalized spacial score (nSPS) is 15.2. The maximum absolute atomic E-state index is 12.9. The molecule has 0 bridgehead atoms. The van der Waals surface area contributed by atoms with Crippen LogP contribution >= 0.6 is 11.8 Å². The van der Waals surface area contributed by atoms with E-state index in [0.29, 0.717) is 34.2 Å². The van der Waals surface area contributed by atoms with Gasteiger partial charge >= 0.3 is 17.4 Å². The Bertz CT molecular complexity index is 1070. The van der Waals surface area contributed by atoms with Crippen LogP contribution in [0.15, 0.2) is 58.6 Å². The highest BCUT2D eigenvalue weighted by atomic mass is 32.2. The summed E-state index contributed by atoms with van der Waals surface area (Å²) in [7, 11) is 0. The maximum atomic E-state index is 12.9. The summed E-state index contributed by atoms with van der Waals surface area (Å²) in [6.45, 7) is 1.82. The number of hydrogen-bond donors (Lipinski definition) is 1. The van der Waals surface area contributed by atoms with Crippen LogP contribution in [-0.2, 0) is 4.79 Å². The first-order valence-corrected chi connectivity index (χ1v) is 9.80. The summed E-state index contributed by atoms with van der Waals surface area (Å²) in [5.74, 6) is -0.0657. The number of aromatic amines is 1. The van der Waals surface area contributed by atoms with E-state index in [0.717, 1.165) is 0 Å². The average molecular weight is 380 g/mol. The molecule has 0 aliphatic carbocycles. The van der Waals surface area contributed by atoms with E-state index in [9.17, 15) is 9.59 Å². The van der Waals surface area contributed by atoms with Gasteiger partial charge in [0.25, 0.3) is 0 Å². The van der Waals surface area contributed by atoms with Crippen LogP contribution in [0.1, 0.15) is 25.2 Å². The molecular weight excluding hydrogens is 362 g/mol. The Morgan fingerprint density at radius 2 is 2.04 bits per heavy atom. The molecule has 1 aliphatic heterocycles. The number of benzene rings is 1. The van der Waals surface area contributed by atoms with E-state index in [1.54, 1.807) is 15.8 Å². The SMILES string of the molecule is CCC(=O)N1c2ccccc2-c2c(=O)[nH]c(SC)n[n+]2C1c1ccccn1. The highest BCUT2D eigenvalue weighted by Crippen LogP contribution is 2.36. The Morgan fingerprint density at radius 3 is 2.74 bits per heavy atom. The number of carbonyl (C=O) groups excluding carboxylic acids is 1. The maximum Gasteiger partial charge on any atom is 0.325 e. The zero-order valence-corrected chi connectivity index (χ0v) is 15.7. The number of nitrogens with zero attached hydrogens (tertiary/aromatic N) is 4. The van der Waals surface area contributed by atoms with Gasteiger partial charge in [-0.15, -0.1) is 0 Å². The van der Waals surface area contributed by atoms with Gasteiger partial charge in [-0.1, -0.05) is 36.9 Å². The van der Waals surface area contributed by atoms with Gasteiger partial charge in [0.2, 0.25) is 11.1 Å². The van der Waals surface area contributed by atoms with Crippen LogP contribution in [0.2, 0.25) is 0 Å². The molecule has 0 radical (unpaired) electrons. The summed E-state index contributed by atoms with van der Waals surface area (Å²) >= 11 is 1.34. The number of anilines is 1. The number of H-pyrrole nitrogens is 1. The summed E-state index contributed by atoms with van der Waals surface area (Å²) < 4.78 is 1.61. The predicted molar refractivity (Wildman–Crippen MR) is 102 cm³/mol. The summed E-state index contributed by atoms with van der Waals surface area (Å²) in [4.78, 5) is 34.7. The molecule has 1 aromatic carbocycles. The fourth-order valence-electron chi connectivity index (χ4n) is 3.30. The third-order valence-electron chi connectivity index (χ3n) is 4.47. The van der Waals surface area contributed by atoms with Gasteiger partial charge < -0.3 is 0 Å². The smallest absolute Gasteiger partial charge is 0.291 e. The molecule has 0 spiro atoms. The summed E-state index contributed by atoms with van der Waals surface area (Å²) in [6, 6.07) is 12.9. The van der Waals surface area contributed by atoms with Crippen molar-refractivity contribution >= 4 is 23.4 Å². The second kappa shape index (κ2) is 6.96. The quantitative estimate of drug-likeness (QED) is 0.556. The molecule has 3 aromatic rings. The number of carbonyl (C=O) groups is 1. The highest BCUT2D eigenvalue weighted by Gasteiger charge is 2.45. The second-order valence-electron chi connectivity index (χ2n) is 6.02. The topological polar surface area (TPSA) is 82.8 Å². The lowest BCUT2D eigenvalue weighted by Crippen LogP contribution is -2.61. The minimum Gasteiger partial charge on any atom is -0.291 e. The van der Waals surface area contributed by atoms with Crippen molar-refractivity contribution < 1.29 is 9.48 Å². The minimum atomic E-state index is -0.628. The predicted octanol–water partition coefficient (Wildman–Crippen LogP) is 2.14. The van der Waals surface area contributed by atoms with Gasteiger partial charge in [0.15, 0.2) is 0 Å². The molecule has 1 atom stereocenters. The Morgan fingerprint density at radius 1 is 1.26 bits per heavy atom. The molecule has 1 amide bonds. The number of amides is 1. The summed E-state index contributed by atoms with van der Waals surface area (Å²) in [5.41, 5.74) is 2.17. The zero-order chi connectivity index (χ0) is 19.0. The van der Waals surface area contributed by atoms with Crippen molar-refractivity contribution in [3.8, 4) is 11.3 Å². The Labute approximate surface area is 160 Å². The molecule has 2 aromatic heterocycles. The van der Waals surface area contributed by atoms with E-state index in [4.69, 9.17) is 0 Å². The van der Waals surface area contributed by atoms with E-state index < -0.39 is 6.17 Å². The van der Waals surface area contributed by atoms with Gasteiger partial charge in [-0.25, -0.2) is 4.90 Å². The largest absolute Gasteiger partial charge is 0.325 e. The third kappa shape index (κ3) is 2.82. The summed E-state index contributed by atoms with van der Waals surface area (Å²) in [6.07, 6.45) is 3.21. The van der Waals surface area contributed by atoms with Gasteiger partial charge in [-0.2, -0.15) is 0 Å². The van der Waals surface area contributed by atoms with Crippen molar-refractivity contribution in [2.24, 2.45) is 0 Å². The molecule has 7 nitrogen and oxygen atoms in total. The lowest BCUT2D eigenvalue weighted by Gasteiger charge is -2.31. The fraction of sp³-hybridized carbons (Fsp3) is 0.211. The molecule has 3 heterocycles. The first-order chi connectivity index (χ1) is 13.2. The van der Waals surface area contributed by atoms with Crippen molar-refractivity contribution in [3.05, 3.63) is 64.7 Å². The highest BCUT2D eigenvalue weighted by molar-refractivity contribution is 7.98. The minimum absolute atomic E-state index is 0.0657. The van der Waals surface area contributed by atoms with Gasteiger partial charge in [0, 0.05) is 17.7 Å². The fourth-order valence-corrected chi connectivity index (χ4v) is 3.66. The molecule has 4 rings (SSSR count). The van der Waals surface area contributed by atoms with Crippen molar-refractivity contribution in [2.45, 2.75) is 24.7 Å². The van der Waals surface area contributed by atoms with Crippen molar-refractivity contribution in [1.29, 1.82) is 0 Å². The number of thioether (sulfide) groups is 1. The molecule has 0 saturated carbocycles. The van der Waals surface area contributed by atoms with Crippen molar-refractivity contribution in [3.63, 3.8) is 0 Å². The molecule has 136 valence electrons. The van der Waals surface area contributed by atoms with Gasteiger partial charge in [0.05, 0.1) is 11.3 Å². The van der Waals surface area contributed by atoms with Crippen LogP contribution in [0.3, 0.4) is 0 Å². The number of nitrogens with one attached hydrogen (secondary N) is 1. The molecule has 1 unspecified atom stereocenters. The molecule has 8 heteroatoms. The number of para-hydroxylation sites is 1. The number of aromatic nitrogens is 4. The molecule has 27 heavy (non-hydrogen) atoms. The van der Waals surface area contributed by atoms with E-state index in [1.165, 1.54) is 11.8 Å². The van der Waals surface area contributed by atoms with Crippen LogP contribution in [0.4, 0.5) is 5.69 Å². The van der Waals surface area contributed by atoms with E-state index in [1.807, 2.05) is 55.6 Å². The Balaban J connectivity index is 2.09. The second-order valence-corrected chi connectivity index (χ2v) is 6.81. The van der Waals surface area contributed by atoms with Crippen LogP contribution in [-0.4, -0.2) is 27.2 Å². The Hall–Kier alpha value is -3.00. The lowest BCUT2D eigenvalue weighted by atomic mass is 10.0. The number of pyridine rings is 1. The first-order valence-electron chi connectivity index (χ1n) is 8.58. The third-order valence-corrected chi connectivity index (χ3v) is 5.05. The van der Waals surface area contributed by atoms with E-state index in [-0.39, 0.29) is 11.5 Å². The first kappa shape index (κ1) is 17.4. The van der Waals surface area contributed by atoms with Crippen LogP contribution < -0.4 is 15.1 Å². The van der Waals surface area contributed by atoms with Crippen molar-refractivity contribution in [1.82, 2.24) is 15.1 Å². The standard InChI is InChI=1S/C19H17N5O2S/c1-3-15(25)23-14-10-5-4-8-12(14)16-17(26)21-19(27-2)22-24(16)18(23)13-9-6-7-11-20-13/h4-11,18H,3H2,1-2H3/p+1. The van der Waals surface area contributed by atoms with Gasteiger partial charge in [0.1, 0.15) is 5.69 Å². The monoisotopic (exact) mass is 380 g/mol. The number of rotatable bonds is 3. The molecule has 0 fully saturated rings. The van der Waals surface area contributed by atoms with Crippen LogP contribution in [0, 0.1) is 0 Å². The lowest BCUT2D eigenvalue weighted by molar-refractivity contribution is -0.763. The zero-order valence-electron chi connectivity index (χ0n) is 14.9. The van der Waals surface area contributed by atoms with Crippen molar-refractivity contribution in [2.75, 3.05) is 11.2 Å². The molecule has 1 N–H and O–H groups in total. The van der Waals surface area contributed by atoms with Crippen LogP contribution in [0.25, 0.3) is 11.3 Å². The average Bonchev–Trinajstić information content (AvgIpc) is 2.72. The molecular formula is C19H18N5O2S+. The summed E-state index contributed by atoms with van der Waals surface area (Å²) in [5, 5.41) is 5.09. The van der Waals surface area contributed by atoms with E-state index in [2.05, 4.69) is 15.1 Å². The number of hydrogen-bond acceptors (Lipinski definition) is 5. The van der Waals surface area contributed by atoms with Crippen LogP contribution in [0.5, 0.6) is 0 Å².